The summed E-state index contributed by atoms with van der Waals surface area (Å²) >= 11 is 0. The molecule has 0 saturated heterocycles. The topological polar surface area (TPSA) is 91.2 Å². The normalized spacial score (nSPS) is 17.4. The molecule has 2 amide bonds. The van der Waals surface area contributed by atoms with E-state index in [2.05, 4.69) is 10.3 Å². The monoisotopic (exact) mass is 464 g/mol. The Hall–Kier alpha value is -3.14. The van der Waals surface area contributed by atoms with Gasteiger partial charge in [-0.2, -0.15) is 13.2 Å². The Labute approximate surface area is 187 Å². The smallest absolute Gasteiger partial charge is 0.358 e. The summed E-state index contributed by atoms with van der Waals surface area (Å²) in [6.07, 6.45) is -2.63. The zero-order valence-electron chi connectivity index (χ0n) is 18.2. The van der Waals surface area contributed by atoms with Crippen LogP contribution in [0, 0.1) is 5.82 Å². The standard InChI is InChI=1S/C23H24F4N4O2/c1-3-22(4-2,11-28)31-8-7-16-18(21(31)33)19(23(25,26)27)17(29-16)10-14-13-9-12(24)5-6-15(13)30-20(14)32/h5-6,9-10,29H,3-4,7-8,11,28H2,1-2H3,(H,30,32). The molecule has 0 atom stereocenters. The number of nitrogens with zero attached hydrogens (tertiary/aromatic N) is 1. The molecule has 2 aliphatic rings. The predicted molar refractivity (Wildman–Crippen MR) is 116 cm³/mol. The second kappa shape index (κ2) is 8.02. The maximum absolute atomic E-state index is 14.2. The van der Waals surface area contributed by atoms with E-state index in [4.69, 9.17) is 5.73 Å². The molecule has 4 rings (SSSR count). The van der Waals surface area contributed by atoms with Crippen molar-refractivity contribution >= 4 is 29.2 Å². The molecule has 0 unspecified atom stereocenters. The van der Waals surface area contributed by atoms with Crippen LogP contribution < -0.4 is 11.1 Å². The maximum atomic E-state index is 14.2. The lowest BCUT2D eigenvalue weighted by atomic mass is 9.87. The summed E-state index contributed by atoms with van der Waals surface area (Å²) in [4.78, 5) is 30.0. The lowest BCUT2D eigenvalue weighted by Crippen LogP contribution is -2.58. The molecule has 0 bridgehead atoms. The average molecular weight is 464 g/mol. The van der Waals surface area contributed by atoms with Gasteiger partial charge in [-0.15, -0.1) is 0 Å². The van der Waals surface area contributed by atoms with Gasteiger partial charge in [-0.1, -0.05) is 13.8 Å². The van der Waals surface area contributed by atoms with Crippen LogP contribution in [0.15, 0.2) is 18.2 Å². The number of aromatic nitrogens is 1. The molecule has 0 aliphatic carbocycles. The van der Waals surface area contributed by atoms with E-state index < -0.39 is 46.2 Å². The number of fused-ring (bicyclic) bond motifs is 2. The van der Waals surface area contributed by atoms with Crippen molar-refractivity contribution in [3.63, 3.8) is 0 Å². The van der Waals surface area contributed by atoms with E-state index in [-0.39, 0.29) is 36.3 Å². The number of aromatic amines is 1. The van der Waals surface area contributed by atoms with E-state index in [0.717, 1.165) is 18.2 Å². The molecule has 0 fully saturated rings. The third-order valence-corrected chi connectivity index (χ3v) is 6.76. The summed E-state index contributed by atoms with van der Waals surface area (Å²) in [5, 5.41) is 2.52. The Morgan fingerprint density at radius 2 is 1.88 bits per heavy atom. The molecule has 0 spiro atoms. The zero-order chi connectivity index (χ0) is 24.1. The summed E-state index contributed by atoms with van der Waals surface area (Å²) in [6, 6.07) is 3.58. The van der Waals surface area contributed by atoms with Crippen molar-refractivity contribution < 1.29 is 27.2 Å². The van der Waals surface area contributed by atoms with Crippen LogP contribution in [-0.4, -0.2) is 40.3 Å². The highest BCUT2D eigenvalue weighted by atomic mass is 19.4. The van der Waals surface area contributed by atoms with Gasteiger partial charge in [0.15, 0.2) is 0 Å². The molecule has 33 heavy (non-hydrogen) atoms. The SMILES string of the molecule is CCC(CC)(CN)N1CCc2[nH]c(C=C3C(=O)Nc4ccc(F)cc43)c(C(F)(F)F)c2C1=O. The Bertz CT molecular complexity index is 1150. The number of anilines is 1. The highest BCUT2D eigenvalue weighted by Crippen LogP contribution is 2.42. The van der Waals surface area contributed by atoms with Gasteiger partial charge in [-0.25, -0.2) is 4.39 Å². The fraction of sp³-hybridized carbons (Fsp3) is 0.391. The minimum Gasteiger partial charge on any atom is -0.358 e. The number of nitrogens with one attached hydrogen (secondary N) is 2. The molecule has 6 nitrogen and oxygen atoms in total. The Kier molecular flexibility index (Phi) is 5.60. The third kappa shape index (κ3) is 3.62. The van der Waals surface area contributed by atoms with E-state index in [0.29, 0.717) is 18.5 Å². The number of hydrogen-bond acceptors (Lipinski definition) is 3. The van der Waals surface area contributed by atoms with Crippen LogP contribution in [0.3, 0.4) is 0 Å². The van der Waals surface area contributed by atoms with E-state index in [9.17, 15) is 27.2 Å². The zero-order valence-corrected chi connectivity index (χ0v) is 18.2. The van der Waals surface area contributed by atoms with Gasteiger partial charge >= 0.3 is 6.18 Å². The summed E-state index contributed by atoms with van der Waals surface area (Å²) in [7, 11) is 0. The first-order chi connectivity index (χ1) is 15.6. The van der Waals surface area contributed by atoms with Crippen molar-refractivity contribution in [2.45, 2.75) is 44.8 Å². The van der Waals surface area contributed by atoms with Crippen LogP contribution in [0.1, 0.15) is 59.6 Å². The highest BCUT2D eigenvalue weighted by Gasteiger charge is 2.47. The number of amides is 2. The number of carbonyl (C=O) groups excluding carboxylic acids is 2. The number of alkyl halides is 3. The van der Waals surface area contributed by atoms with Crippen LogP contribution >= 0.6 is 0 Å². The van der Waals surface area contributed by atoms with E-state index in [1.54, 1.807) is 0 Å². The van der Waals surface area contributed by atoms with Crippen molar-refractivity contribution in [3.05, 3.63) is 52.1 Å². The van der Waals surface area contributed by atoms with Gasteiger partial charge in [0, 0.05) is 36.5 Å². The lowest BCUT2D eigenvalue weighted by molar-refractivity contribution is -0.138. The molecule has 0 saturated carbocycles. The molecule has 2 aliphatic heterocycles. The van der Waals surface area contributed by atoms with Crippen molar-refractivity contribution in [1.82, 2.24) is 9.88 Å². The van der Waals surface area contributed by atoms with Crippen LogP contribution in [-0.2, 0) is 17.4 Å². The van der Waals surface area contributed by atoms with Crippen molar-refractivity contribution in [1.29, 1.82) is 0 Å². The van der Waals surface area contributed by atoms with Crippen molar-refractivity contribution in [2.75, 3.05) is 18.4 Å². The molecule has 1 aromatic heterocycles. The first kappa shape index (κ1) is 23.0. The highest BCUT2D eigenvalue weighted by molar-refractivity contribution is 6.35. The number of hydrogen-bond donors (Lipinski definition) is 3. The second-order valence-electron chi connectivity index (χ2n) is 8.31. The molecule has 1 aromatic carbocycles. The number of H-pyrrole nitrogens is 1. The van der Waals surface area contributed by atoms with Crippen LogP contribution in [0.4, 0.5) is 23.2 Å². The molecule has 3 heterocycles. The second-order valence-corrected chi connectivity index (χ2v) is 8.31. The van der Waals surface area contributed by atoms with Gasteiger partial charge in [0.25, 0.3) is 11.8 Å². The minimum absolute atomic E-state index is 0.115. The van der Waals surface area contributed by atoms with E-state index in [1.165, 1.54) is 11.0 Å². The Balaban J connectivity index is 1.88. The predicted octanol–water partition coefficient (Wildman–Crippen LogP) is 4.18. The van der Waals surface area contributed by atoms with Gasteiger partial charge in [0.2, 0.25) is 0 Å². The number of benzene rings is 1. The summed E-state index contributed by atoms with van der Waals surface area (Å²) in [6.45, 7) is 4.07. The van der Waals surface area contributed by atoms with Crippen molar-refractivity contribution in [3.8, 4) is 0 Å². The van der Waals surface area contributed by atoms with E-state index >= 15 is 0 Å². The van der Waals surface area contributed by atoms with Gasteiger partial charge in [-0.3, -0.25) is 9.59 Å². The quantitative estimate of drug-likeness (QED) is 0.458. The van der Waals surface area contributed by atoms with Crippen LogP contribution in [0.5, 0.6) is 0 Å². The van der Waals surface area contributed by atoms with Gasteiger partial charge < -0.3 is 20.9 Å². The molecule has 4 N–H and O–H groups in total. The number of carbonyl (C=O) groups is 2. The number of nitrogens with two attached hydrogens (primary N) is 1. The summed E-state index contributed by atoms with van der Waals surface area (Å²) in [5.74, 6) is -2.01. The first-order valence-corrected chi connectivity index (χ1v) is 10.7. The van der Waals surface area contributed by atoms with Crippen LogP contribution in [0.2, 0.25) is 0 Å². The van der Waals surface area contributed by atoms with Crippen molar-refractivity contribution in [2.24, 2.45) is 5.73 Å². The van der Waals surface area contributed by atoms with Gasteiger partial charge in [0.05, 0.1) is 27.9 Å². The Morgan fingerprint density at radius 3 is 2.48 bits per heavy atom. The molecule has 2 aromatic rings. The number of rotatable bonds is 5. The fourth-order valence-electron chi connectivity index (χ4n) is 4.79. The van der Waals surface area contributed by atoms with E-state index in [1.807, 2.05) is 13.8 Å². The maximum Gasteiger partial charge on any atom is 0.419 e. The summed E-state index contributed by atoms with van der Waals surface area (Å²) < 4.78 is 56.5. The third-order valence-electron chi connectivity index (χ3n) is 6.76. The summed E-state index contributed by atoms with van der Waals surface area (Å²) in [5.41, 5.74) is 3.73. The van der Waals surface area contributed by atoms with Gasteiger partial charge in [0.1, 0.15) is 5.82 Å². The molecule has 0 radical (unpaired) electrons. The molecule has 176 valence electrons. The molecular formula is C23H24F4N4O2. The molecule has 10 heteroatoms. The van der Waals surface area contributed by atoms with Crippen LogP contribution in [0.25, 0.3) is 11.6 Å². The number of halogens is 4. The van der Waals surface area contributed by atoms with Gasteiger partial charge in [-0.05, 0) is 37.1 Å². The first-order valence-electron chi connectivity index (χ1n) is 10.7. The fourth-order valence-corrected chi connectivity index (χ4v) is 4.79. The minimum atomic E-state index is -4.86. The molecular weight excluding hydrogens is 440 g/mol. The lowest BCUT2D eigenvalue weighted by Gasteiger charge is -2.44. The Morgan fingerprint density at radius 1 is 1.18 bits per heavy atom. The average Bonchev–Trinajstić information content (AvgIpc) is 3.29. The largest absolute Gasteiger partial charge is 0.419 e.